The van der Waals surface area contributed by atoms with Gasteiger partial charge in [0.05, 0.1) is 89.8 Å². The van der Waals surface area contributed by atoms with E-state index < -0.39 is 104 Å². The number of nitrogens with two attached hydrogens (primary N) is 3. The average Bonchev–Trinajstić information content (AvgIpc) is 1.68. The summed E-state index contributed by atoms with van der Waals surface area (Å²) in [7, 11) is 0. The second-order valence-corrected chi connectivity index (χ2v) is 22.6. The Morgan fingerprint density at radius 3 is 1.02 bits per heavy atom. The van der Waals surface area contributed by atoms with E-state index in [1.807, 2.05) is 6.92 Å². The summed E-state index contributed by atoms with van der Waals surface area (Å²) in [5.41, 5.74) is 17.0. The number of aliphatic hydroxyl groups is 8. The number of hydrogen-bond donors (Lipinski definition) is 17. The summed E-state index contributed by atoms with van der Waals surface area (Å²) in [4.78, 5) is 74.8. The second kappa shape index (κ2) is 45.3. The van der Waals surface area contributed by atoms with Crippen LogP contribution in [0.4, 0.5) is 0 Å². The van der Waals surface area contributed by atoms with Crippen LogP contribution in [0.15, 0.2) is 0 Å². The number of carbonyl (C=O) groups is 6. The molecule has 3 aliphatic rings. The van der Waals surface area contributed by atoms with E-state index in [9.17, 15) is 69.6 Å². The van der Waals surface area contributed by atoms with Crippen molar-refractivity contribution in [1.82, 2.24) is 31.9 Å². The Morgan fingerprint density at radius 1 is 0.409 bits per heavy atom. The lowest BCUT2D eigenvalue weighted by Crippen LogP contribution is -2.62. The summed E-state index contributed by atoms with van der Waals surface area (Å²) in [5.74, 6) is -1.27. The lowest BCUT2D eigenvalue weighted by molar-refractivity contribution is -0.265. The third kappa shape index (κ3) is 31.8. The maximum atomic E-state index is 12.6. The molecule has 3 heterocycles. The van der Waals surface area contributed by atoms with Gasteiger partial charge in [-0.15, -0.1) is 0 Å². The van der Waals surface area contributed by atoms with E-state index in [1.165, 1.54) is 0 Å². The van der Waals surface area contributed by atoms with E-state index in [4.69, 9.17) is 59.8 Å². The first-order valence-corrected chi connectivity index (χ1v) is 30.9. The molecule has 3 rings (SSSR count). The molecule has 512 valence electrons. The fourth-order valence-electron chi connectivity index (χ4n) is 9.22. The summed E-state index contributed by atoms with van der Waals surface area (Å²) >= 11 is 0. The van der Waals surface area contributed by atoms with Crippen molar-refractivity contribution in [3.63, 3.8) is 0 Å². The van der Waals surface area contributed by atoms with E-state index in [1.54, 1.807) is 0 Å². The molecule has 0 radical (unpaired) electrons. The summed E-state index contributed by atoms with van der Waals surface area (Å²) < 4.78 is 50.9. The van der Waals surface area contributed by atoms with Crippen LogP contribution in [0.25, 0.3) is 0 Å². The Bertz CT molecular complexity index is 1870. The molecule has 3 fully saturated rings. The van der Waals surface area contributed by atoms with Gasteiger partial charge in [-0.25, -0.2) is 0 Å². The molecule has 0 aromatic rings. The average molecular weight is 1270 g/mol. The second-order valence-electron chi connectivity index (χ2n) is 22.6. The predicted molar refractivity (Wildman–Crippen MR) is 312 cm³/mol. The first-order valence-electron chi connectivity index (χ1n) is 30.9. The Balaban J connectivity index is 1.29. The molecule has 0 aromatic carbocycles. The number of ether oxygens (including phenoxy) is 9. The fraction of sp³-hybridized carbons (Fsp3) is 0.893. The van der Waals surface area contributed by atoms with Crippen molar-refractivity contribution in [2.24, 2.45) is 22.6 Å². The van der Waals surface area contributed by atoms with Gasteiger partial charge in [0.2, 0.25) is 35.4 Å². The molecule has 3 saturated heterocycles. The van der Waals surface area contributed by atoms with Gasteiger partial charge in [-0.1, -0.05) is 6.92 Å². The number of amides is 6. The Morgan fingerprint density at radius 2 is 0.716 bits per heavy atom. The van der Waals surface area contributed by atoms with Crippen molar-refractivity contribution in [3.8, 4) is 0 Å². The molecule has 3 aliphatic heterocycles. The largest absolute Gasteiger partial charge is 0.394 e. The molecule has 14 atom stereocenters. The molecule has 0 saturated carbocycles. The summed E-state index contributed by atoms with van der Waals surface area (Å²) in [5, 5.41) is 95.0. The van der Waals surface area contributed by atoms with Crippen molar-refractivity contribution in [2.45, 2.75) is 195 Å². The van der Waals surface area contributed by atoms with E-state index >= 15 is 0 Å². The zero-order valence-electron chi connectivity index (χ0n) is 51.1. The molecule has 20 N–H and O–H groups in total. The van der Waals surface area contributed by atoms with Gasteiger partial charge in [0, 0.05) is 109 Å². The van der Waals surface area contributed by atoms with Crippen LogP contribution in [0.3, 0.4) is 0 Å². The van der Waals surface area contributed by atoms with E-state index in [0.717, 1.165) is 0 Å². The highest BCUT2D eigenvalue weighted by atomic mass is 16.7. The van der Waals surface area contributed by atoms with Crippen LogP contribution in [0, 0.1) is 5.41 Å². The van der Waals surface area contributed by atoms with Gasteiger partial charge >= 0.3 is 0 Å². The molecule has 88 heavy (non-hydrogen) atoms. The standard InChI is InChI=1S/C56H105N9O23/c1-56(33-80-26-14-43(73)63-20-8-17-60-40(70)11-2-5-23-83-53-46(57)37(69)29-36(30-66)86-53,34-81-27-15-44(74)64-21-9-18-61-41(71)12-3-6-24-84-54-47(58)51(78)49(76)38(31-67)87-54)35-82-28-16-45(75)65-22-10-19-62-42(72)13-4-7-25-85-55-48(59)52(79)50(77)39(32-68)88-55/h36-39,46-55,66-69,76-79H,2-35,57-59H2,1H3,(H,60,70)(H,61,71)(H,62,72)(H,63,73)(H,64,74)(H,65,75). The third-order valence-electron chi connectivity index (χ3n) is 14.7. The number of hydrogen-bond acceptors (Lipinski definition) is 26. The molecule has 32 heteroatoms. The maximum absolute atomic E-state index is 12.6. The molecule has 0 aliphatic carbocycles. The molecule has 32 nitrogen and oxygen atoms in total. The van der Waals surface area contributed by atoms with Crippen LogP contribution in [0.1, 0.15) is 110 Å². The molecular formula is C56H105N9O23. The van der Waals surface area contributed by atoms with Crippen molar-refractivity contribution in [2.75, 3.05) is 119 Å². The maximum Gasteiger partial charge on any atom is 0.222 e. The molecule has 0 aromatic heterocycles. The molecule has 0 spiro atoms. The van der Waals surface area contributed by atoms with Crippen LogP contribution < -0.4 is 49.1 Å². The monoisotopic (exact) mass is 1270 g/mol. The first kappa shape index (κ1) is 78.3. The zero-order valence-corrected chi connectivity index (χ0v) is 51.1. The summed E-state index contributed by atoms with van der Waals surface area (Å²) in [6.07, 6.45) is -5.99. The van der Waals surface area contributed by atoms with Crippen molar-refractivity contribution >= 4 is 35.4 Å². The summed E-state index contributed by atoms with van der Waals surface area (Å²) in [6.45, 7) is 3.75. The van der Waals surface area contributed by atoms with E-state index in [2.05, 4.69) is 31.9 Å². The Kier molecular flexibility index (Phi) is 40.3. The lowest BCUT2D eigenvalue weighted by Gasteiger charge is -2.40. The van der Waals surface area contributed by atoms with Gasteiger partial charge < -0.3 is 133 Å². The highest BCUT2D eigenvalue weighted by Crippen LogP contribution is 2.24. The van der Waals surface area contributed by atoms with Crippen LogP contribution in [0.2, 0.25) is 0 Å². The number of nitrogens with one attached hydrogen (secondary N) is 6. The van der Waals surface area contributed by atoms with Crippen LogP contribution >= 0.6 is 0 Å². The minimum Gasteiger partial charge on any atom is -0.394 e. The minimum absolute atomic E-state index is 0.0511. The Hall–Kier alpha value is -3.98. The lowest BCUT2D eigenvalue weighted by atomic mass is 9.94. The van der Waals surface area contributed by atoms with Gasteiger partial charge in [0.15, 0.2) is 18.9 Å². The predicted octanol–water partition coefficient (Wildman–Crippen LogP) is -6.03. The quantitative estimate of drug-likeness (QED) is 0.0252. The van der Waals surface area contributed by atoms with E-state index in [-0.39, 0.29) is 146 Å². The molecular weight excluding hydrogens is 1170 g/mol. The summed E-state index contributed by atoms with van der Waals surface area (Å²) in [6, 6.07) is -2.74. The number of unbranched alkanes of at least 4 members (excludes halogenated alkanes) is 3. The van der Waals surface area contributed by atoms with Crippen molar-refractivity contribution in [1.29, 1.82) is 0 Å². The highest BCUT2D eigenvalue weighted by molar-refractivity contribution is 5.78. The van der Waals surface area contributed by atoms with Crippen molar-refractivity contribution in [3.05, 3.63) is 0 Å². The SMILES string of the molecule is CC(COCCC(=O)NCCCNC(=O)CCCCOC1OC(CO)CC(O)C1N)(COCCC(=O)NCCCNC(=O)CCCCOC1OC(CO)C(O)C(O)C1N)COCCC(=O)NCCCNC(=O)CCCCOC1OC(CO)C(O)C(O)C1N. The van der Waals surface area contributed by atoms with Crippen molar-refractivity contribution < 1.29 is 112 Å². The minimum atomic E-state index is -1.34. The number of rotatable bonds is 48. The normalized spacial score (nSPS) is 27.0. The molecule has 0 bridgehead atoms. The third-order valence-corrected chi connectivity index (χ3v) is 14.7. The smallest absolute Gasteiger partial charge is 0.222 e. The molecule has 6 amide bonds. The van der Waals surface area contributed by atoms with Crippen LogP contribution in [-0.4, -0.2) is 281 Å². The Labute approximate surface area is 514 Å². The number of aliphatic hydroxyl groups excluding tert-OH is 8. The van der Waals surface area contributed by atoms with Crippen LogP contribution in [0.5, 0.6) is 0 Å². The van der Waals surface area contributed by atoms with Crippen LogP contribution in [-0.2, 0) is 71.4 Å². The van der Waals surface area contributed by atoms with Gasteiger partial charge in [0.25, 0.3) is 0 Å². The fourth-order valence-corrected chi connectivity index (χ4v) is 9.22. The number of carbonyl (C=O) groups excluding carboxylic acids is 6. The molecule has 14 unspecified atom stereocenters. The van der Waals surface area contributed by atoms with E-state index in [0.29, 0.717) is 97.1 Å². The highest BCUT2D eigenvalue weighted by Gasteiger charge is 2.44. The van der Waals surface area contributed by atoms with Gasteiger partial charge in [-0.05, 0) is 57.8 Å². The topological polar surface area (TPSA) is 498 Å². The van der Waals surface area contributed by atoms with Gasteiger partial charge in [-0.2, -0.15) is 0 Å². The van der Waals surface area contributed by atoms with Gasteiger partial charge in [-0.3, -0.25) is 28.8 Å². The zero-order chi connectivity index (χ0) is 64.7. The van der Waals surface area contributed by atoms with Gasteiger partial charge in [0.1, 0.15) is 36.6 Å². The first-order chi connectivity index (χ1) is 42.2.